The Morgan fingerprint density at radius 2 is 2.11 bits per heavy atom. The number of anilines is 1. The molecule has 1 heterocycles. The summed E-state index contributed by atoms with van der Waals surface area (Å²) in [5.41, 5.74) is 2.06. The zero-order valence-corrected chi connectivity index (χ0v) is 11.9. The third kappa shape index (κ3) is 2.77. The van der Waals surface area contributed by atoms with Gasteiger partial charge in [0.15, 0.2) is 0 Å². The summed E-state index contributed by atoms with van der Waals surface area (Å²) in [7, 11) is 0. The van der Waals surface area contributed by atoms with Gasteiger partial charge in [0.05, 0.1) is 6.04 Å². The minimum atomic E-state index is -0.0142. The molecule has 1 amide bonds. The molecule has 0 spiro atoms. The largest absolute Gasteiger partial charge is 0.311 e. The van der Waals surface area contributed by atoms with Crippen LogP contribution < -0.4 is 10.2 Å². The quantitative estimate of drug-likeness (QED) is 0.922. The van der Waals surface area contributed by atoms with Crippen LogP contribution in [0, 0.1) is 6.92 Å². The molecule has 1 atom stereocenters. The Morgan fingerprint density at radius 3 is 2.84 bits per heavy atom. The molecule has 1 N–H and O–H groups in total. The summed E-state index contributed by atoms with van der Waals surface area (Å²) >= 11 is 6.06. The lowest BCUT2D eigenvalue weighted by Crippen LogP contribution is -2.51. The van der Waals surface area contributed by atoms with Gasteiger partial charge in [0.1, 0.15) is 0 Å². The van der Waals surface area contributed by atoms with E-state index in [9.17, 15) is 4.79 Å². The van der Waals surface area contributed by atoms with Gasteiger partial charge < -0.3 is 10.2 Å². The van der Waals surface area contributed by atoms with Crippen molar-refractivity contribution in [1.29, 1.82) is 0 Å². The third-order valence-corrected chi connectivity index (χ3v) is 4.15. The van der Waals surface area contributed by atoms with Gasteiger partial charge in [-0.3, -0.25) is 4.79 Å². The Bertz CT molecular complexity index is 499. The Labute approximate surface area is 118 Å². The number of piperidine rings is 1. The van der Waals surface area contributed by atoms with Gasteiger partial charge in [0.2, 0.25) is 5.91 Å². The molecule has 2 aliphatic rings. The van der Waals surface area contributed by atoms with E-state index in [0.29, 0.717) is 11.1 Å². The van der Waals surface area contributed by atoms with Gasteiger partial charge in [-0.15, -0.1) is 0 Å². The second-order valence-corrected chi connectivity index (χ2v) is 5.99. The summed E-state index contributed by atoms with van der Waals surface area (Å²) in [6.07, 6.45) is 4.41. The summed E-state index contributed by atoms with van der Waals surface area (Å²) < 4.78 is 0. The second-order valence-electron chi connectivity index (χ2n) is 5.56. The van der Waals surface area contributed by atoms with E-state index in [-0.39, 0.29) is 11.9 Å². The number of aryl methyl sites for hydroxylation is 1. The van der Waals surface area contributed by atoms with Gasteiger partial charge in [-0.05, 0) is 50.3 Å². The average molecular weight is 279 g/mol. The van der Waals surface area contributed by atoms with Crippen LogP contribution >= 0.6 is 11.6 Å². The van der Waals surface area contributed by atoms with Gasteiger partial charge >= 0.3 is 0 Å². The van der Waals surface area contributed by atoms with Gasteiger partial charge in [-0.25, -0.2) is 0 Å². The number of nitrogens with zero attached hydrogens (tertiary/aromatic N) is 1. The molecule has 19 heavy (non-hydrogen) atoms. The van der Waals surface area contributed by atoms with E-state index in [4.69, 9.17) is 11.6 Å². The monoisotopic (exact) mass is 278 g/mol. The standard InChI is InChI=1S/C15H19ClN2O/c1-10-4-5-11(16)9-14(10)18-8-2-3-13(15(18)19)17-12-6-7-12/h4-5,9,12-13,17H,2-3,6-8H2,1H3. The van der Waals surface area contributed by atoms with Crippen molar-refractivity contribution in [2.45, 2.75) is 44.7 Å². The van der Waals surface area contributed by atoms with Crippen LogP contribution in [0.25, 0.3) is 0 Å². The zero-order valence-electron chi connectivity index (χ0n) is 11.2. The fourth-order valence-electron chi connectivity index (χ4n) is 2.68. The number of hydrogen-bond donors (Lipinski definition) is 1. The highest BCUT2D eigenvalue weighted by molar-refractivity contribution is 6.31. The number of carbonyl (C=O) groups excluding carboxylic acids is 1. The van der Waals surface area contributed by atoms with Gasteiger partial charge in [-0.2, -0.15) is 0 Å². The summed E-state index contributed by atoms with van der Waals surface area (Å²) in [5.74, 6) is 0.198. The molecule has 1 saturated heterocycles. The fourth-order valence-corrected chi connectivity index (χ4v) is 2.84. The number of carbonyl (C=O) groups is 1. The molecule has 1 unspecified atom stereocenters. The van der Waals surface area contributed by atoms with Crippen LogP contribution in [0.3, 0.4) is 0 Å². The van der Waals surface area contributed by atoms with Crippen molar-refractivity contribution in [2.24, 2.45) is 0 Å². The molecule has 1 aromatic rings. The van der Waals surface area contributed by atoms with Gasteiger partial charge in [0.25, 0.3) is 0 Å². The normalized spacial score (nSPS) is 23.8. The van der Waals surface area contributed by atoms with E-state index >= 15 is 0 Å². The predicted molar refractivity (Wildman–Crippen MR) is 77.7 cm³/mol. The molecule has 0 bridgehead atoms. The third-order valence-electron chi connectivity index (χ3n) is 3.91. The van der Waals surface area contributed by atoms with Gasteiger partial charge in [-0.1, -0.05) is 17.7 Å². The molecule has 3 nitrogen and oxygen atoms in total. The maximum atomic E-state index is 12.6. The van der Waals surface area contributed by atoms with Crippen molar-refractivity contribution in [2.75, 3.05) is 11.4 Å². The van der Waals surface area contributed by atoms with Crippen LogP contribution in [0.5, 0.6) is 0 Å². The maximum Gasteiger partial charge on any atom is 0.244 e. The second kappa shape index (κ2) is 5.14. The van der Waals surface area contributed by atoms with Crippen molar-refractivity contribution in [3.63, 3.8) is 0 Å². The fraction of sp³-hybridized carbons (Fsp3) is 0.533. The molecule has 3 rings (SSSR count). The molecule has 0 radical (unpaired) electrons. The lowest BCUT2D eigenvalue weighted by molar-refractivity contribution is -0.121. The molecule has 2 fully saturated rings. The molecule has 1 aromatic carbocycles. The minimum Gasteiger partial charge on any atom is -0.311 e. The van der Waals surface area contributed by atoms with Gasteiger partial charge in [0, 0.05) is 23.3 Å². The Morgan fingerprint density at radius 1 is 1.32 bits per heavy atom. The predicted octanol–water partition coefficient (Wildman–Crippen LogP) is 2.90. The zero-order chi connectivity index (χ0) is 13.4. The highest BCUT2D eigenvalue weighted by Gasteiger charge is 2.34. The Hall–Kier alpha value is -1.06. The number of amides is 1. The summed E-state index contributed by atoms with van der Waals surface area (Å²) in [5, 5.41) is 4.14. The topological polar surface area (TPSA) is 32.3 Å². The highest BCUT2D eigenvalue weighted by Crippen LogP contribution is 2.29. The molecular weight excluding hydrogens is 260 g/mol. The Kier molecular flexibility index (Phi) is 3.50. The molecule has 0 aromatic heterocycles. The number of rotatable bonds is 3. The van der Waals surface area contributed by atoms with E-state index < -0.39 is 0 Å². The summed E-state index contributed by atoms with van der Waals surface area (Å²) in [6.45, 7) is 2.82. The molecular formula is C15H19ClN2O. The number of nitrogens with one attached hydrogen (secondary N) is 1. The highest BCUT2D eigenvalue weighted by atomic mass is 35.5. The molecule has 102 valence electrons. The van der Waals surface area contributed by atoms with E-state index in [1.165, 1.54) is 12.8 Å². The van der Waals surface area contributed by atoms with Crippen LogP contribution in [0.15, 0.2) is 18.2 Å². The SMILES string of the molecule is Cc1ccc(Cl)cc1N1CCCC(NC2CC2)C1=O. The van der Waals surface area contributed by atoms with E-state index in [1.807, 2.05) is 30.0 Å². The maximum absolute atomic E-state index is 12.6. The summed E-state index contributed by atoms with van der Waals surface area (Å²) in [6, 6.07) is 6.29. The first-order valence-corrected chi connectivity index (χ1v) is 7.36. The first-order chi connectivity index (χ1) is 9.15. The smallest absolute Gasteiger partial charge is 0.244 e. The van der Waals surface area contributed by atoms with E-state index in [0.717, 1.165) is 30.6 Å². The number of halogens is 1. The van der Waals surface area contributed by atoms with E-state index in [2.05, 4.69) is 5.32 Å². The molecule has 1 saturated carbocycles. The lowest BCUT2D eigenvalue weighted by atomic mass is 10.0. The first-order valence-electron chi connectivity index (χ1n) is 6.99. The Balaban J connectivity index is 1.82. The van der Waals surface area contributed by atoms with Crippen LogP contribution in [-0.2, 0) is 4.79 Å². The summed E-state index contributed by atoms with van der Waals surface area (Å²) in [4.78, 5) is 14.5. The van der Waals surface area contributed by atoms with Crippen molar-refractivity contribution in [3.8, 4) is 0 Å². The molecule has 1 aliphatic carbocycles. The number of benzene rings is 1. The van der Waals surface area contributed by atoms with Crippen LogP contribution in [0.2, 0.25) is 5.02 Å². The van der Waals surface area contributed by atoms with Crippen molar-refractivity contribution >= 4 is 23.2 Å². The molecule has 4 heteroatoms. The molecule has 1 aliphatic heterocycles. The average Bonchev–Trinajstić information content (AvgIpc) is 3.19. The first kappa shape index (κ1) is 12.9. The lowest BCUT2D eigenvalue weighted by Gasteiger charge is -2.33. The van der Waals surface area contributed by atoms with Crippen LogP contribution in [-0.4, -0.2) is 24.5 Å². The van der Waals surface area contributed by atoms with Crippen molar-refractivity contribution in [3.05, 3.63) is 28.8 Å². The van der Waals surface area contributed by atoms with Crippen LogP contribution in [0.1, 0.15) is 31.2 Å². The van der Waals surface area contributed by atoms with E-state index in [1.54, 1.807) is 0 Å². The van der Waals surface area contributed by atoms with Crippen molar-refractivity contribution in [1.82, 2.24) is 5.32 Å². The number of hydrogen-bond acceptors (Lipinski definition) is 2. The minimum absolute atomic E-state index is 0.0142. The van der Waals surface area contributed by atoms with Crippen LogP contribution in [0.4, 0.5) is 5.69 Å². The van der Waals surface area contributed by atoms with Crippen molar-refractivity contribution < 1.29 is 4.79 Å².